The van der Waals surface area contributed by atoms with Crippen molar-refractivity contribution < 1.29 is 28.9 Å². The largest absolute Gasteiger partial charge is 0.493 e. The Labute approximate surface area is 158 Å². The minimum Gasteiger partial charge on any atom is -0.493 e. The number of rotatable bonds is 0. The molecule has 1 N–H and O–H groups in total. The fourth-order valence-electron chi connectivity index (χ4n) is 4.27. The molecule has 7 heteroatoms. The number of amides is 1. The molecule has 1 unspecified atom stereocenters. The van der Waals surface area contributed by atoms with Crippen LogP contribution in [0, 0.1) is 0 Å². The Morgan fingerprint density at radius 2 is 1.96 bits per heavy atom. The average Bonchev–Trinajstić information content (AvgIpc) is 2.89. The third-order valence-corrected chi connectivity index (χ3v) is 5.65. The van der Waals surface area contributed by atoms with E-state index in [0.29, 0.717) is 36.6 Å². The van der Waals surface area contributed by atoms with Crippen LogP contribution in [0.1, 0.15) is 67.8 Å². The molecule has 1 aromatic rings. The molecule has 0 aromatic heterocycles. The van der Waals surface area contributed by atoms with Gasteiger partial charge >= 0.3 is 12.1 Å². The molecule has 0 aliphatic carbocycles. The minimum atomic E-state index is -1.28. The summed E-state index contributed by atoms with van der Waals surface area (Å²) in [5.74, 6) is 0.0473. The number of esters is 1. The summed E-state index contributed by atoms with van der Waals surface area (Å²) in [6.45, 7) is 7.30. The summed E-state index contributed by atoms with van der Waals surface area (Å²) in [6, 6.07) is 3.62. The van der Waals surface area contributed by atoms with E-state index in [1.807, 2.05) is 26.8 Å². The molecule has 0 saturated carbocycles. The van der Waals surface area contributed by atoms with Gasteiger partial charge in [-0.2, -0.15) is 0 Å². The third-order valence-electron chi connectivity index (χ3n) is 5.65. The Morgan fingerprint density at radius 1 is 1.26 bits per heavy atom. The van der Waals surface area contributed by atoms with Crippen molar-refractivity contribution in [2.75, 3.05) is 19.7 Å². The number of benzene rings is 1. The van der Waals surface area contributed by atoms with Crippen molar-refractivity contribution in [3.05, 3.63) is 28.8 Å². The maximum absolute atomic E-state index is 12.4. The molecule has 0 radical (unpaired) electrons. The molecular weight excluding hydrogens is 350 g/mol. The lowest BCUT2D eigenvalue weighted by atomic mass is 9.68. The van der Waals surface area contributed by atoms with Gasteiger partial charge < -0.3 is 24.2 Å². The highest BCUT2D eigenvalue weighted by Gasteiger charge is 2.45. The second kappa shape index (κ2) is 6.12. The zero-order chi connectivity index (χ0) is 19.4. The van der Waals surface area contributed by atoms with Gasteiger partial charge in [-0.1, -0.05) is 6.07 Å². The molecule has 146 valence electrons. The first kappa shape index (κ1) is 18.1. The molecule has 1 amide bonds. The number of hydrogen-bond donors (Lipinski definition) is 1. The summed E-state index contributed by atoms with van der Waals surface area (Å²) in [4.78, 5) is 26.0. The summed E-state index contributed by atoms with van der Waals surface area (Å²) in [7, 11) is 0. The van der Waals surface area contributed by atoms with Crippen LogP contribution in [0.2, 0.25) is 0 Å². The molecule has 0 bridgehead atoms. The lowest BCUT2D eigenvalue weighted by Gasteiger charge is -2.45. The number of likely N-dealkylation sites (tertiary alicyclic amines) is 1. The van der Waals surface area contributed by atoms with Crippen LogP contribution in [-0.2, 0) is 14.9 Å². The van der Waals surface area contributed by atoms with Gasteiger partial charge in [0.2, 0.25) is 6.29 Å². The van der Waals surface area contributed by atoms with Gasteiger partial charge in [0.25, 0.3) is 0 Å². The predicted molar refractivity (Wildman–Crippen MR) is 95.6 cm³/mol. The minimum absolute atomic E-state index is 0.132. The van der Waals surface area contributed by atoms with Crippen molar-refractivity contribution in [2.24, 2.45) is 0 Å². The van der Waals surface area contributed by atoms with Gasteiger partial charge in [-0.25, -0.2) is 9.59 Å². The van der Waals surface area contributed by atoms with Gasteiger partial charge in [0.05, 0.1) is 17.7 Å². The molecule has 4 rings (SSSR count). The number of carbonyl (C=O) groups is 2. The normalized spacial score (nSPS) is 23.3. The molecule has 3 aliphatic heterocycles. The van der Waals surface area contributed by atoms with Crippen LogP contribution >= 0.6 is 0 Å². The SMILES string of the molecule is CC(C)(C)OC(=O)N1CCC2(CCOc3c2ccc2c3C(O)OC2=O)CC1. The van der Waals surface area contributed by atoms with E-state index in [1.54, 1.807) is 11.0 Å². The van der Waals surface area contributed by atoms with E-state index < -0.39 is 17.9 Å². The molecule has 27 heavy (non-hydrogen) atoms. The van der Waals surface area contributed by atoms with Crippen LogP contribution in [-0.4, -0.2) is 47.4 Å². The lowest BCUT2D eigenvalue weighted by molar-refractivity contribution is -0.0561. The first-order valence-corrected chi connectivity index (χ1v) is 9.37. The van der Waals surface area contributed by atoms with E-state index in [0.717, 1.165) is 24.8 Å². The number of cyclic esters (lactones) is 1. The number of hydrogen-bond acceptors (Lipinski definition) is 6. The first-order chi connectivity index (χ1) is 12.7. The summed E-state index contributed by atoms with van der Waals surface area (Å²) < 4.78 is 16.3. The standard InChI is InChI=1S/C20H25NO6/c1-19(2,3)27-18(24)21-9-6-20(7-10-21)8-11-25-15-13(20)5-4-12-14(15)17(23)26-16(12)22/h4-5,17,23H,6-11H2,1-3H3. The number of aliphatic hydroxyl groups is 1. The summed E-state index contributed by atoms with van der Waals surface area (Å²) in [6.07, 6.45) is 0.845. The van der Waals surface area contributed by atoms with E-state index in [4.69, 9.17) is 14.2 Å². The lowest BCUT2D eigenvalue weighted by Crippen LogP contribution is -2.48. The average molecular weight is 375 g/mol. The van der Waals surface area contributed by atoms with Crippen molar-refractivity contribution >= 4 is 12.1 Å². The number of ether oxygens (including phenoxy) is 3. The highest BCUT2D eigenvalue weighted by Crippen LogP contribution is 2.50. The molecule has 3 aliphatic rings. The second-order valence-corrected chi connectivity index (χ2v) is 8.51. The van der Waals surface area contributed by atoms with Crippen LogP contribution in [0.25, 0.3) is 0 Å². The van der Waals surface area contributed by atoms with E-state index in [2.05, 4.69) is 0 Å². The van der Waals surface area contributed by atoms with Crippen LogP contribution < -0.4 is 4.74 Å². The Bertz CT molecular complexity index is 788. The summed E-state index contributed by atoms with van der Waals surface area (Å²) in [5, 5.41) is 10.1. The monoisotopic (exact) mass is 375 g/mol. The fourth-order valence-corrected chi connectivity index (χ4v) is 4.27. The Morgan fingerprint density at radius 3 is 2.63 bits per heavy atom. The smallest absolute Gasteiger partial charge is 0.410 e. The van der Waals surface area contributed by atoms with Crippen molar-refractivity contribution in [1.82, 2.24) is 4.90 Å². The van der Waals surface area contributed by atoms with Crippen molar-refractivity contribution in [3.63, 3.8) is 0 Å². The number of fused-ring (bicyclic) bond motifs is 4. The van der Waals surface area contributed by atoms with Gasteiger partial charge in [-0.05, 0) is 46.1 Å². The first-order valence-electron chi connectivity index (χ1n) is 9.37. The highest BCUT2D eigenvalue weighted by atomic mass is 16.6. The molecular formula is C20H25NO6. The maximum atomic E-state index is 12.4. The number of carbonyl (C=O) groups excluding carboxylic acids is 2. The molecule has 7 nitrogen and oxygen atoms in total. The van der Waals surface area contributed by atoms with Crippen LogP contribution in [0.15, 0.2) is 12.1 Å². The summed E-state index contributed by atoms with van der Waals surface area (Å²) in [5.41, 5.74) is 1.15. The molecule has 1 atom stereocenters. The van der Waals surface area contributed by atoms with E-state index in [1.165, 1.54) is 0 Å². The van der Waals surface area contributed by atoms with E-state index >= 15 is 0 Å². The third kappa shape index (κ3) is 3.04. The van der Waals surface area contributed by atoms with Crippen LogP contribution in [0.5, 0.6) is 5.75 Å². The maximum Gasteiger partial charge on any atom is 0.410 e. The van der Waals surface area contributed by atoms with Gasteiger partial charge in [-0.15, -0.1) is 0 Å². The quantitative estimate of drug-likeness (QED) is 0.702. The second-order valence-electron chi connectivity index (χ2n) is 8.51. The Hall–Kier alpha value is -2.28. The zero-order valence-electron chi connectivity index (χ0n) is 15.9. The van der Waals surface area contributed by atoms with E-state index in [-0.39, 0.29) is 11.5 Å². The predicted octanol–water partition coefficient (Wildman–Crippen LogP) is 2.90. The molecule has 1 aromatic carbocycles. The number of aliphatic hydroxyl groups excluding tert-OH is 1. The van der Waals surface area contributed by atoms with Crippen LogP contribution in [0.4, 0.5) is 4.79 Å². The fraction of sp³-hybridized carbons (Fsp3) is 0.600. The topological polar surface area (TPSA) is 85.3 Å². The number of nitrogens with zero attached hydrogens (tertiary/aromatic N) is 1. The van der Waals surface area contributed by atoms with Crippen molar-refractivity contribution in [3.8, 4) is 5.75 Å². The molecule has 1 saturated heterocycles. The Balaban J connectivity index is 1.59. The van der Waals surface area contributed by atoms with Gasteiger partial charge in [0, 0.05) is 24.1 Å². The zero-order valence-corrected chi connectivity index (χ0v) is 15.9. The van der Waals surface area contributed by atoms with Crippen LogP contribution in [0.3, 0.4) is 0 Å². The van der Waals surface area contributed by atoms with E-state index in [9.17, 15) is 14.7 Å². The van der Waals surface area contributed by atoms with Gasteiger partial charge in [-0.3, -0.25) is 0 Å². The summed E-state index contributed by atoms with van der Waals surface area (Å²) >= 11 is 0. The number of piperidine rings is 1. The van der Waals surface area contributed by atoms with Crippen molar-refractivity contribution in [2.45, 2.75) is 57.3 Å². The van der Waals surface area contributed by atoms with Gasteiger partial charge in [0.1, 0.15) is 11.4 Å². The molecule has 1 fully saturated rings. The molecule has 3 heterocycles. The molecule has 1 spiro atoms. The highest BCUT2D eigenvalue weighted by molar-refractivity contribution is 5.95. The Kier molecular flexibility index (Phi) is 4.10. The van der Waals surface area contributed by atoms with Gasteiger partial charge in [0.15, 0.2) is 0 Å². The van der Waals surface area contributed by atoms with Crippen molar-refractivity contribution in [1.29, 1.82) is 0 Å².